The Morgan fingerprint density at radius 3 is 2.52 bits per heavy atom. The molecule has 1 aromatic rings. The van der Waals surface area contributed by atoms with Crippen molar-refractivity contribution in [2.45, 2.75) is 12.7 Å². The van der Waals surface area contributed by atoms with E-state index < -0.39 is 17.6 Å². The Kier molecular flexibility index (Phi) is 5.55. The molecular formula is C14H18F4N2O. The Balaban J connectivity index is 1.81. The third-order valence-electron chi connectivity index (χ3n) is 3.32. The van der Waals surface area contributed by atoms with E-state index in [1.165, 1.54) is 0 Å². The molecule has 1 saturated heterocycles. The second-order valence-electron chi connectivity index (χ2n) is 4.98. The molecular weight excluding hydrogens is 288 g/mol. The molecule has 0 spiro atoms. The molecule has 1 fully saturated rings. The van der Waals surface area contributed by atoms with Crippen molar-refractivity contribution in [2.24, 2.45) is 0 Å². The highest BCUT2D eigenvalue weighted by molar-refractivity contribution is 5.26. The average Bonchev–Trinajstić information content (AvgIpc) is 2.43. The molecule has 1 aliphatic rings. The smallest absolute Gasteiger partial charge is 0.379 e. The van der Waals surface area contributed by atoms with Gasteiger partial charge in [-0.25, -0.2) is 4.39 Å². The molecule has 2 rings (SSSR count). The Morgan fingerprint density at radius 1 is 1.14 bits per heavy atom. The minimum atomic E-state index is -4.52. The summed E-state index contributed by atoms with van der Waals surface area (Å²) in [6.45, 7) is 4.78. The van der Waals surface area contributed by atoms with E-state index in [9.17, 15) is 17.6 Å². The van der Waals surface area contributed by atoms with Crippen molar-refractivity contribution < 1.29 is 22.3 Å². The first kappa shape index (κ1) is 16.2. The molecule has 118 valence electrons. The molecule has 0 radical (unpaired) electrons. The van der Waals surface area contributed by atoms with Gasteiger partial charge in [-0.15, -0.1) is 0 Å². The number of ether oxygens (including phenoxy) is 1. The van der Waals surface area contributed by atoms with E-state index in [4.69, 9.17) is 4.74 Å². The lowest BCUT2D eigenvalue weighted by atomic mass is 10.1. The summed E-state index contributed by atoms with van der Waals surface area (Å²) in [5, 5.41) is 3.04. The number of hydrogen-bond acceptors (Lipinski definition) is 3. The Bertz CT molecular complexity index is 459. The summed E-state index contributed by atoms with van der Waals surface area (Å²) >= 11 is 0. The molecule has 1 aliphatic heterocycles. The van der Waals surface area contributed by atoms with Gasteiger partial charge in [0.2, 0.25) is 0 Å². The zero-order valence-electron chi connectivity index (χ0n) is 11.5. The number of nitrogens with one attached hydrogen (secondary N) is 1. The van der Waals surface area contributed by atoms with Gasteiger partial charge in [0, 0.05) is 32.7 Å². The van der Waals surface area contributed by atoms with Gasteiger partial charge >= 0.3 is 6.18 Å². The summed E-state index contributed by atoms with van der Waals surface area (Å²) in [6, 6.07) is 2.61. The van der Waals surface area contributed by atoms with E-state index in [2.05, 4.69) is 10.2 Å². The van der Waals surface area contributed by atoms with E-state index in [1.54, 1.807) is 0 Å². The number of nitrogens with zero attached hydrogens (tertiary/aromatic N) is 1. The van der Waals surface area contributed by atoms with E-state index in [0.717, 1.165) is 31.8 Å². The largest absolute Gasteiger partial charge is 0.416 e. The summed E-state index contributed by atoms with van der Waals surface area (Å²) in [7, 11) is 0. The first-order valence-corrected chi connectivity index (χ1v) is 6.82. The zero-order chi connectivity index (χ0) is 15.3. The molecule has 7 heteroatoms. The van der Waals surface area contributed by atoms with E-state index in [-0.39, 0.29) is 6.54 Å². The van der Waals surface area contributed by atoms with Crippen LogP contribution in [0.3, 0.4) is 0 Å². The molecule has 0 aromatic heterocycles. The van der Waals surface area contributed by atoms with Crippen LogP contribution in [0.2, 0.25) is 0 Å². The molecule has 1 aromatic carbocycles. The fourth-order valence-corrected chi connectivity index (χ4v) is 2.21. The first-order valence-electron chi connectivity index (χ1n) is 6.82. The monoisotopic (exact) mass is 306 g/mol. The van der Waals surface area contributed by atoms with Gasteiger partial charge in [0.15, 0.2) is 0 Å². The molecule has 0 bridgehead atoms. The molecule has 1 heterocycles. The van der Waals surface area contributed by atoms with Gasteiger partial charge < -0.3 is 10.1 Å². The van der Waals surface area contributed by atoms with Crippen LogP contribution in [-0.4, -0.2) is 44.3 Å². The summed E-state index contributed by atoms with van der Waals surface area (Å²) in [5.74, 6) is -0.866. The molecule has 1 N–H and O–H groups in total. The van der Waals surface area contributed by atoms with Crippen molar-refractivity contribution in [2.75, 3.05) is 39.4 Å². The molecule has 0 unspecified atom stereocenters. The van der Waals surface area contributed by atoms with Crippen molar-refractivity contribution in [3.05, 3.63) is 35.1 Å². The third kappa shape index (κ3) is 5.26. The minimum absolute atomic E-state index is 0.213. The first-order chi connectivity index (χ1) is 9.95. The Labute approximate surface area is 120 Å². The maximum absolute atomic E-state index is 13.2. The molecule has 0 amide bonds. The molecule has 0 atom stereocenters. The van der Waals surface area contributed by atoms with Crippen LogP contribution in [0.15, 0.2) is 18.2 Å². The fourth-order valence-electron chi connectivity index (χ4n) is 2.21. The lowest BCUT2D eigenvalue weighted by Gasteiger charge is -2.26. The summed E-state index contributed by atoms with van der Waals surface area (Å²) in [4.78, 5) is 2.21. The highest BCUT2D eigenvalue weighted by atomic mass is 19.4. The Morgan fingerprint density at radius 2 is 1.86 bits per heavy atom. The van der Waals surface area contributed by atoms with Crippen molar-refractivity contribution in [1.82, 2.24) is 10.2 Å². The van der Waals surface area contributed by atoms with Gasteiger partial charge in [0.1, 0.15) is 5.82 Å². The standard InChI is InChI=1S/C14H18F4N2O/c15-13-8-11(7-12(9-13)14(16,17)18)10-19-1-2-20-3-5-21-6-4-20/h7-9,19H,1-6,10H2. The van der Waals surface area contributed by atoms with E-state index in [1.807, 2.05) is 0 Å². The van der Waals surface area contributed by atoms with Crippen LogP contribution in [0.5, 0.6) is 0 Å². The second kappa shape index (κ2) is 7.20. The Hall–Kier alpha value is -1.18. The number of morpholine rings is 1. The lowest BCUT2D eigenvalue weighted by Crippen LogP contribution is -2.40. The summed E-state index contributed by atoms with van der Waals surface area (Å²) < 4.78 is 56.2. The van der Waals surface area contributed by atoms with E-state index in [0.29, 0.717) is 31.4 Å². The summed E-state index contributed by atoms with van der Waals surface area (Å²) in [5.41, 5.74) is -0.656. The maximum Gasteiger partial charge on any atom is 0.416 e. The number of hydrogen-bond donors (Lipinski definition) is 1. The third-order valence-corrected chi connectivity index (χ3v) is 3.32. The maximum atomic E-state index is 13.2. The minimum Gasteiger partial charge on any atom is -0.379 e. The van der Waals surface area contributed by atoms with Crippen LogP contribution < -0.4 is 5.32 Å². The highest BCUT2D eigenvalue weighted by Gasteiger charge is 2.31. The van der Waals surface area contributed by atoms with Gasteiger partial charge in [-0.05, 0) is 23.8 Å². The quantitative estimate of drug-likeness (QED) is 0.667. The van der Waals surface area contributed by atoms with E-state index >= 15 is 0 Å². The van der Waals surface area contributed by atoms with Crippen molar-refractivity contribution in [3.8, 4) is 0 Å². The number of halogens is 4. The zero-order valence-corrected chi connectivity index (χ0v) is 11.5. The van der Waals surface area contributed by atoms with Crippen LogP contribution >= 0.6 is 0 Å². The van der Waals surface area contributed by atoms with Crippen LogP contribution in [0.25, 0.3) is 0 Å². The normalized spacial score (nSPS) is 17.1. The summed E-state index contributed by atoms with van der Waals surface area (Å²) in [6.07, 6.45) is -4.52. The number of benzene rings is 1. The van der Waals surface area contributed by atoms with Crippen LogP contribution in [0.1, 0.15) is 11.1 Å². The second-order valence-corrected chi connectivity index (χ2v) is 4.98. The van der Waals surface area contributed by atoms with Crippen molar-refractivity contribution in [1.29, 1.82) is 0 Å². The van der Waals surface area contributed by atoms with Gasteiger partial charge in [-0.3, -0.25) is 4.90 Å². The lowest BCUT2D eigenvalue weighted by molar-refractivity contribution is -0.137. The predicted molar refractivity (Wildman–Crippen MR) is 70.4 cm³/mol. The number of rotatable bonds is 5. The van der Waals surface area contributed by atoms with Gasteiger partial charge in [-0.1, -0.05) is 0 Å². The van der Waals surface area contributed by atoms with Gasteiger partial charge in [-0.2, -0.15) is 13.2 Å². The number of alkyl halides is 3. The molecule has 3 nitrogen and oxygen atoms in total. The van der Waals surface area contributed by atoms with Crippen molar-refractivity contribution in [3.63, 3.8) is 0 Å². The molecule has 0 saturated carbocycles. The topological polar surface area (TPSA) is 24.5 Å². The SMILES string of the molecule is Fc1cc(CNCCN2CCOCC2)cc(C(F)(F)F)c1. The predicted octanol–water partition coefficient (Wildman–Crippen LogP) is 2.27. The van der Waals surface area contributed by atoms with Crippen LogP contribution in [0, 0.1) is 5.82 Å². The molecule has 0 aliphatic carbocycles. The highest BCUT2D eigenvalue weighted by Crippen LogP contribution is 2.30. The van der Waals surface area contributed by atoms with Crippen molar-refractivity contribution >= 4 is 0 Å². The van der Waals surface area contributed by atoms with Gasteiger partial charge in [0.25, 0.3) is 0 Å². The average molecular weight is 306 g/mol. The van der Waals surface area contributed by atoms with Gasteiger partial charge in [0.05, 0.1) is 18.8 Å². The fraction of sp³-hybridized carbons (Fsp3) is 0.571. The molecule has 21 heavy (non-hydrogen) atoms. The van der Waals surface area contributed by atoms with Crippen LogP contribution in [-0.2, 0) is 17.5 Å². The van der Waals surface area contributed by atoms with Crippen LogP contribution in [0.4, 0.5) is 17.6 Å².